The SMILES string of the molecule is CN=C(NCc1ccc(COCC(F)(F)F)cc1)NCc1noc(C(C)(C)C)n1.I. The second kappa shape index (κ2) is 11.5. The minimum atomic E-state index is -4.32. The quantitative estimate of drug-likeness (QED) is 0.314. The summed E-state index contributed by atoms with van der Waals surface area (Å²) in [5, 5.41) is 10.2. The van der Waals surface area contributed by atoms with Crippen molar-refractivity contribution in [3.05, 3.63) is 47.1 Å². The van der Waals surface area contributed by atoms with Crippen molar-refractivity contribution in [3.8, 4) is 0 Å². The van der Waals surface area contributed by atoms with Gasteiger partial charge in [-0.25, -0.2) is 0 Å². The Bertz CT molecular complexity index is 802. The van der Waals surface area contributed by atoms with Gasteiger partial charge in [-0.2, -0.15) is 18.2 Å². The average Bonchev–Trinajstić information content (AvgIpc) is 3.11. The number of guanidine groups is 1. The second-order valence-corrected chi connectivity index (χ2v) is 7.47. The van der Waals surface area contributed by atoms with Crippen LogP contribution in [0.5, 0.6) is 0 Å². The van der Waals surface area contributed by atoms with Crippen molar-refractivity contribution in [3.63, 3.8) is 0 Å². The van der Waals surface area contributed by atoms with Crippen molar-refractivity contribution in [2.75, 3.05) is 13.7 Å². The van der Waals surface area contributed by atoms with Crippen molar-refractivity contribution < 1.29 is 22.4 Å². The Hall–Kier alpha value is -1.89. The average molecular weight is 541 g/mol. The molecule has 11 heteroatoms. The summed E-state index contributed by atoms with van der Waals surface area (Å²) in [4.78, 5) is 8.49. The van der Waals surface area contributed by atoms with Crippen molar-refractivity contribution in [1.82, 2.24) is 20.8 Å². The standard InChI is InChI=1S/C19H26F3N5O2.HI/c1-18(2,3)16-26-15(27-29-16)10-25-17(23-4)24-9-13-5-7-14(8-6-13)11-28-12-19(20,21)22;/h5-8H,9-12H2,1-4H3,(H2,23,24,25);1H. The number of ether oxygens (including phenoxy) is 1. The van der Waals surface area contributed by atoms with Crippen LogP contribution in [0.3, 0.4) is 0 Å². The van der Waals surface area contributed by atoms with E-state index in [-0.39, 0.29) is 36.0 Å². The van der Waals surface area contributed by atoms with E-state index in [9.17, 15) is 13.2 Å². The molecule has 0 aliphatic carbocycles. The number of nitrogens with zero attached hydrogens (tertiary/aromatic N) is 3. The molecule has 1 aromatic heterocycles. The number of nitrogens with one attached hydrogen (secondary N) is 2. The van der Waals surface area contributed by atoms with Gasteiger partial charge in [0, 0.05) is 19.0 Å². The lowest BCUT2D eigenvalue weighted by Crippen LogP contribution is -2.36. The Labute approximate surface area is 190 Å². The molecule has 0 amide bonds. The Kier molecular flexibility index (Phi) is 10.0. The zero-order chi connectivity index (χ0) is 21.5. The van der Waals surface area contributed by atoms with Crippen LogP contribution in [0.4, 0.5) is 13.2 Å². The van der Waals surface area contributed by atoms with E-state index in [4.69, 9.17) is 4.52 Å². The first kappa shape index (κ1) is 26.1. The summed E-state index contributed by atoms with van der Waals surface area (Å²) >= 11 is 0. The van der Waals surface area contributed by atoms with Crippen LogP contribution in [-0.4, -0.2) is 35.9 Å². The summed E-state index contributed by atoms with van der Waals surface area (Å²) < 4.78 is 46.2. The van der Waals surface area contributed by atoms with Crippen molar-refractivity contribution in [2.24, 2.45) is 4.99 Å². The predicted octanol–water partition coefficient (Wildman–Crippen LogP) is 3.93. The fraction of sp³-hybridized carbons (Fsp3) is 0.526. The molecule has 168 valence electrons. The molecular formula is C19H27F3IN5O2. The molecule has 0 bridgehead atoms. The summed E-state index contributed by atoms with van der Waals surface area (Å²) in [6.45, 7) is 5.48. The van der Waals surface area contributed by atoms with E-state index in [1.54, 1.807) is 19.2 Å². The number of alkyl halides is 3. The molecule has 1 heterocycles. The molecule has 2 rings (SSSR count). The van der Waals surface area contributed by atoms with Crippen LogP contribution in [0.15, 0.2) is 33.8 Å². The first-order valence-corrected chi connectivity index (χ1v) is 9.07. The van der Waals surface area contributed by atoms with E-state index < -0.39 is 12.8 Å². The molecule has 1 aromatic carbocycles. The van der Waals surface area contributed by atoms with E-state index in [0.717, 1.165) is 5.56 Å². The normalized spacial score (nSPS) is 12.4. The minimum Gasteiger partial charge on any atom is -0.367 e. The fourth-order valence-corrected chi connectivity index (χ4v) is 2.24. The van der Waals surface area contributed by atoms with E-state index in [0.29, 0.717) is 36.3 Å². The number of hydrogen-bond acceptors (Lipinski definition) is 5. The number of hydrogen-bond donors (Lipinski definition) is 2. The van der Waals surface area contributed by atoms with Crippen molar-refractivity contribution >= 4 is 29.9 Å². The Balaban J connectivity index is 0.00000450. The van der Waals surface area contributed by atoms with Gasteiger partial charge in [0.2, 0.25) is 5.89 Å². The first-order chi connectivity index (χ1) is 13.6. The van der Waals surface area contributed by atoms with Crippen molar-refractivity contribution in [1.29, 1.82) is 0 Å². The molecule has 0 aliphatic heterocycles. The third kappa shape index (κ3) is 9.28. The molecule has 0 aliphatic rings. The molecule has 7 nitrogen and oxygen atoms in total. The molecule has 0 saturated carbocycles. The zero-order valence-corrected chi connectivity index (χ0v) is 19.7. The smallest absolute Gasteiger partial charge is 0.367 e. The van der Waals surface area contributed by atoms with Gasteiger partial charge in [0.15, 0.2) is 11.8 Å². The highest BCUT2D eigenvalue weighted by molar-refractivity contribution is 14.0. The number of aliphatic imine (C=N–C) groups is 1. The molecule has 2 N–H and O–H groups in total. The Morgan fingerprint density at radius 3 is 2.20 bits per heavy atom. The van der Waals surface area contributed by atoms with E-state index >= 15 is 0 Å². The van der Waals surface area contributed by atoms with Gasteiger partial charge in [-0.1, -0.05) is 50.2 Å². The van der Waals surface area contributed by atoms with Crippen LogP contribution in [-0.2, 0) is 29.8 Å². The van der Waals surface area contributed by atoms with Gasteiger partial charge in [0.25, 0.3) is 0 Å². The van der Waals surface area contributed by atoms with E-state index in [2.05, 4.69) is 30.5 Å². The zero-order valence-electron chi connectivity index (χ0n) is 17.3. The van der Waals surface area contributed by atoms with Gasteiger partial charge in [0.1, 0.15) is 6.61 Å². The fourth-order valence-electron chi connectivity index (χ4n) is 2.24. The highest BCUT2D eigenvalue weighted by Gasteiger charge is 2.27. The number of aromatic nitrogens is 2. The topological polar surface area (TPSA) is 84.6 Å². The Morgan fingerprint density at radius 2 is 1.67 bits per heavy atom. The highest BCUT2D eigenvalue weighted by atomic mass is 127. The maximum absolute atomic E-state index is 12.1. The molecular weight excluding hydrogens is 514 g/mol. The van der Waals surface area contributed by atoms with Gasteiger partial charge in [0.05, 0.1) is 13.2 Å². The lowest BCUT2D eigenvalue weighted by atomic mass is 9.97. The lowest BCUT2D eigenvalue weighted by molar-refractivity contribution is -0.176. The van der Waals surface area contributed by atoms with E-state index in [1.165, 1.54) is 0 Å². The monoisotopic (exact) mass is 541 g/mol. The van der Waals surface area contributed by atoms with Gasteiger partial charge < -0.3 is 19.9 Å². The minimum absolute atomic E-state index is 0. The number of benzene rings is 1. The van der Waals surface area contributed by atoms with Gasteiger partial charge in [-0.15, -0.1) is 24.0 Å². The molecule has 0 radical (unpaired) electrons. The largest absolute Gasteiger partial charge is 0.411 e. The van der Waals surface area contributed by atoms with Gasteiger partial charge >= 0.3 is 6.18 Å². The van der Waals surface area contributed by atoms with Crippen LogP contribution in [0, 0.1) is 0 Å². The van der Waals surface area contributed by atoms with Crippen LogP contribution < -0.4 is 10.6 Å². The molecule has 0 spiro atoms. The second-order valence-electron chi connectivity index (χ2n) is 7.47. The number of halogens is 4. The predicted molar refractivity (Wildman–Crippen MR) is 118 cm³/mol. The summed E-state index contributed by atoms with van der Waals surface area (Å²) in [7, 11) is 1.65. The van der Waals surface area contributed by atoms with Crippen molar-refractivity contribution in [2.45, 2.75) is 52.1 Å². The number of rotatable bonds is 7. The summed E-state index contributed by atoms with van der Waals surface area (Å²) in [6, 6.07) is 7.11. The lowest BCUT2D eigenvalue weighted by Gasteiger charge is -2.12. The van der Waals surface area contributed by atoms with Crippen LogP contribution in [0.25, 0.3) is 0 Å². The Morgan fingerprint density at radius 1 is 1.07 bits per heavy atom. The maximum Gasteiger partial charge on any atom is 0.411 e. The summed E-state index contributed by atoms with van der Waals surface area (Å²) in [6.07, 6.45) is -4.32. The van der Waals surface area contributed by atoms with Gasteiger partial charge in [-0.05, 0) is 11.1 Å². The molecule has 0 unspecified atom stereocenters. The summed E-state index contributed by atoms with van der Waals surface area (Å²) in [5.74, 6) is 1.65. The highest BCUT2D eigenvalue weighted by Crippen LogP contribution is 2.19. The van der Waals surface area contributed by atoms with Crippen LogP contribution in [0.1, 0.15) is 43.6 Å². The summed E-state index contributed by atoms with van der Waals surface area (Å²) in [5.41, 5.74) is 1.41. The molecule has 0 saturated heterocycles. The van der Waals surface area contributed by atoms with Gasteiger partial charge in [-0.3, -0.25) is 4.99 Å². The van der Waals surface area contributed by atoms with Crippen LogP contribution >= 0.6 is 24.0 Å². The maximum atomic E-state index is 12.1. The third-order valence-corrected chi connectivity index (χ3v) is 3.76. The van der Waals surface area contributed by atoms with Crippen LogP contribution in [0.2, 0.25) is 0 Å². The molecule has 0 fully saturated rings. The third-order valence-electron chi connectivity index (χ3n) is 3.76. The van der Waals surface area contributed by atoms with E-state index in [1.807, 2.05) is 32.9 Å². The molecule has 0 atom stereocenters. The first-order valence-electron chi connectivity index (χ1n) is 9.07. The molecule has 30 heavy (non-hydrogen) atoms. The molecule has 2 aromatic rings.